The molecule has 6 rings (SSSR count). The fourth-order valence-electron chi connectivity index (χ4n) is 5.82. The van der Waals surface area contributed by atoms with Gasteiger partial charge in [-0.25, -0.2) is 4.98 Å². The van der Waals surface area contributed by atoms with Gasteiger partial charge in [0, 0.05) is 37.1 Å². The van der Waals surface area contributed by atoms with Crippen LogP contribution in [-0.4, -0.2) is 59.8 Å². The van der Waals surface area contributed by atoms with Crippen LogP contribution in [0.15, 0.2) is 35.7 Å². The SMILES string of the molecule is Cc1ccc(OCc2ccc3c(c2C)CCN(C2COC2)C3)c(-c2csc(N3CCC[C@H](C(=O)O)C3)n2)c1. The molecule has 1 atom stereocenters. The van der Waals surface area contributed by atoms with Gasteiger partial charge in [0.05, 0.1) is 30.9 Å². The topological polar surface area (TPSA) is 75.1 Å². The fraction of sp³-hybridized carbons (Fsp3) is 0.467. The van der Waals surface area contributed by atoms with Crippen LogP contribution in [0, 0.1) is 19.8 Å². The molecule has 3 aliphatic heterocycles. The van der Waals surface area contributed by atoms with Crippen LogP contribution in [-0.2, 0) is 29.1 Å². The van der Waals surface area contributed by atoms with Crippen LogP contribution in [0.2, 0.25) is 0 Å². The van der Waals surface area contributed by atoms with Gasteiger partial charge in [0.25, 0.3) is 0 Å². The van der Waals surface area contributed by atoms with Crippen molar-refractivity contribution in [1.29, 1.82) is 0 Å². The van der Waals surface area contributed by atoms with Gasteiger partial charge in [-0.15, -0.1) is 11.3 Å². The Morgan fingerprint density at radius 1 is 1.21 bits per heavy atom. The number of piperidine rings is 1. The summed E-state index contributed by atoms with van der Waals surface area (Å²) < 4.78 is 11.8. The smallest absolute Gasteiger partial charge is 0.308 e. The molecule has 38 heavy (non-hydrogen) atoms. The second-order valence-electron chi connectivity index (χ2n) is 10.8. The van der Waals surface area contributed by atoms with Gasteiger partial charge in [-0.05, 0) is 67.5 Å². The quantitative estimate of drug-likeness (QED) is 0.455. The Balaban J connectivity index is 1.18. The molecule has 0 saturated carbocycles. The number of carboxylic acid groups (broad SMARTS) is 1. The number of ether oxygens (including phenoxy) is 2. The summed E-state index contributed by atoms with van der Waals surface area (Å²) in [5, 5.41) is 12.4. The number of carbonyl (C=O) groups is 1. The summed E-state index contributed by atoms with van der Waals surface area (Å²) in [5.41, 5.74) is 8.47. The molecule has 0 unspecified atom stereocenters. The van der Waals surface area contributed by atoms with Gasteiger partial charge in [-0.1, -0.05) is 23.8 Å². The Morgan fingerprint density at radius 3 is 2.87 bits per heavy atom. The van der Waals surface area contributed by atoms with Crippen LogP contribution in [0.3, 0.4) is 0 Å². The van der Waals surface area contributed by atoms with Crippen molar-refractivity contribution in [2.75, 3.05) is 37.7 Å². The van der Waals surface area contributed by atoms with E-state index in [0.717, 1.165) is 79.8 Å². The van der Waals surface area contributed by atoms with Crippen molar-refractivity contribution in [3.05, 3.63) is 63.5 Å². The average Bonchev–Trinajstić information content (AvgIpc) is 3.38. The third kappa shape index (κ3) is 5.05. The van der Waals surface area contributed by atoms with E-state index in [4.69, 9.17) is 14.5 Å². The van der Waals surface area contributed by atoms with Gasteiger partial charge >= 0.3 is 5.97 Å². The highest BCUT2D eigenvalue weighted by Gasteiger charge is 2.30. The lowest BCUT2D eigenvalue weighted by Crippen LogP contribution is -2.50. The summed E-state index contributed by atoms with van der Waals surface area (Å²) in [7, 11) is 0. The molecule has 7 nitrogen and oxygen atoms in total. The molecule has 8 heteroatoms. The normalized spacial score (nSPS) is 20.2. The molecule has 0 spiro atoms. The lowest BCUT2D eigenvalue weighted by atomic mass is 9.91. The number of aliphatic carboxylic acids is 1. The number of fused-ring (bicyclic) bond motifs is 1. The van der Waals surface area contributed by atoms with E-state index in [1.165, 1.54) is 22.3 Å². The Labute approximate surface area is 228 Å². The highest BCUT2D eigenvalue weighted by molar-refractivity contribution is 7.14. The van der Waals surface area contributed by atoms with Crippen molar-refractivity contribution >= 4 is 22.4 Å². The largest absolute Gasteiger partial charge is 0.488 e. The molecular formula is C30H35N3O4S. The van der Waals surface area contributed by atoms with Crippen molar-refractivity contribution in [3.63, 3.8) is 0 Å². The van der Waals surface area contributed by atoms with E-state index < -0.39 is 5.97 Å². The zero-order chi connectivity index (χ0) is 26.2. The van der Waals surface area contributed by atoms with E-state index in [-0.39, 0.29) is 5.92 Å². The molecule has 0 aliphatic carbocycles. The first-order chi connectivity index (χ1) is 18.5. The Morgan fingerprint density at radius 2 is 2.08 bits per heavy atom. The third-order valence-corrected chi connectivity index (χ3v) is 9.20. The van der Waals surface area contributed by atoms with Crippen molar-refractivity contribution in [1.82, 2.24) is 9.88 Å². The maximum Gasteiger partial charge on any atom is 0.308 e. The van der Waals surface area contributed by atoms with Gasteiger partial charge in [0.1, 0.15) is 12.4 Å². The minimum atomic E-state index is -0.719. The maximum atomic E-state index is 11.5. The molecule has 200 valence electrons. The summed E-state index contributed by atoms with van der Waals surface area (Å²) in [6.07, 6.45) is 2.68. The molecule has 4 heterocycles. The minimum Gasteiger partial charge on any atom is -0.488 e. The van der Waals surface area contributed by atoms with Crippen LogP contribution in [0.1, 0.15) is 40.7 Å². The van der Waals surface area contributed by atoms with Crippen molar-refractivity contribution < 1.29 is 19.4 Å². The second kappa shape index (κ2) is 10.7. The molecule has 3 aliphatic rings. The van der Waals surface area contributed by atoms with Gasteiger partial charge in [0.2, 0.25) is 0 Å². The lowest BCUT2D eigenvalue weighted by molar-refractivity contribution is -0.141. The number of aryl methyl sites for hydroxylation is 1. The summed E-state index contributed by atoms with van der Waals surface area (Å²) >= 11 is 1.57. The molecule has 0 amide bonds. The van der Waals surface area contributed by atoms with Gasteiger partial charge in [-0.3, -0.25) is 9.69 Å². The molecule has 2 aromatic carbocycles. The predicted octanol–water partition coefficient (Wildman–Crippen LogP) is 5.06. The summed E-state index contributed by atoms with van der Waals surface area (Å²) in [6, 6.07) is 11.3. The summed E-state index contributed by atoms with van der Waals surface area (Å²) in [4.78, 5) is 21.1. The van der Waals surface area contributed by atoms with E-state index in [9.17, 15) is 9.90 Å². The zero-order valence-electron chi connectivity index (χ0n) is 22.1. The molecule has 1 N–H and O–H groups in total. The van der Waals surface area contributed by atoms with E-state index in [1.54, 1.807) is 11.3 Å². The second-order valence-corrected chi connectivity index (χ2v) is 11.7. The first kappa shape index (κ1) is 25.3. The van der Waals surface area contributed by atoms with Crippen LogP contribution >= 0.6 is 11.3 Å². The van der Waals surface area contributed by atoms with Crippen molar-refractivity contribution in [2.24, 2.45) is 5.92 Å². The van der Waals surface area contributed by atoms with Crippen LogP contribution < -0.4 is 9.64 Å². The number of anilines is 1. The molecule has 0 bridgehead atoms. The number of hydrogen-bond acceptors (Lipinski definition) is 7. The van der Waals surface area contributed by atoms with Gasteiger partial charge < -0.3 is 19.5 Å². The minimum absolute atomic E-state index is 0.330. The molecular weight excluding hydrogens is 498 g/mol. The van der Waals surface area contributed by atoms with Gasteiger partial charge in [0.15, 0.2) is 5.13 Å². The highest BCUT2D eigenvalue weighted by Crippen LogP contribution is 2.36. The molecule has 2 fully saturated rings. The number of rotatable bonds is 7. The van der Waals surface area contributed by atoms with E-state index in [1.807, 2.05) is 6.07 Å². The standard InChI is InChI=1S/C30H35N3O4S/c1-19-5-8-28(26(12-19)27-18-38-30(31-27)33-10-3-4-22(14-33)29(34)35)37-15-23-7-6-21-13-32(24-16-36-17-24)11-9-25(21)20(23)2/h5-8,12,18,22,24H,3-4,9-11,13-17H2,1-2H3,(H,34,35)/t22-/m0/s1. The van der Waals surface area contributed by atoms with E-state index >= 15 is 0 Å². The number of carboxylic acids is 1. The Hall–Kier alpha value is -2.94. The third-order valence-electron chi connectivity index (χ3n) is 8.29. The number of aromatic nitrogens is 1. The lowest BCUT2D eigenvalue weighted by Gasteiger charge is -2.40. The monoisotopic (exact) mass is 533 g/mol. The number of nitrogens with zero attached hydrogens (tertiary/aromatic N) is 3. The van der Waals surface area contributed by atoms with Crippen LogP contribution in [0.5, 0.6) is 5.75 Å². The van der Waals surface area contributed by atoms with Crippen molar-refractivity contribution in [3.8, 4) is 17.0 Å². The first-order valence-corrected chi connectivity index (χ1v) is 14.4. The Kier molecular flexibility index (Phi) is 7.12. The van der Waals surface area contributed by atoms with Crippen molar-refractivity contribution in [2.45, 2.75) is 52.3 Å². The summed E-state index contributed by atoms with van der Waals surface area (Å²) in [5.74, 6) is -0.226. The molecule has 1 aromatic heterocycles. The number of thiazole rings is 1. The molecule has 0 radical (unpaired) electrons. The fourth-order valence-corrected chi connectivity index (χ4v) is 6.69. The van der Waals surface area contributed by atoms with E-state index in [0.29, 0.717) is 19.2 Å². The van der Waals surface area contributed by atoms with Crippen LogP contribution in [0.4, 0.5) is 5.13 Å². The average molecular weight is 534 g/mol. The summed E-state index contributed by atoms with van der Waals surface area (Å²) in [6.45, 7) is 10.00. The van der Waals surface area contributed by atoms with Gasteiger partial charge in [-0.2, -0.15) is 0 Å². The number of hydrogen-bond donors (Lipinski definition) is 1. The van der Waals surface area contributed by atoms with Crippen LogP contribution in [0.25, 0.3) is 11.3 Å². The number of benzene rings is 2. The molecule has 2 saturated heterocycles. The maximum absolute atomic E-state index is 11.5. The predicted molar refractivity (Wildman–Crippen MR) is 149 cm³/mol. The highest BCUT2D eigenvalue weighted by atomic mass is 32.1. The Bertz CT molecular complexity index is 1340. The first-order valence-electron chi connectivity index (χ1n) is 13.6. The van der Waals surface area contributed by atoms with E-state index in [2.05, 4.69) is 53.3 Å². The molecule has 3 aromatic rings. The zero-order valence-corrected chi connectivity index (χ0v) is 22.9.